The summed E-state index contributed by atoms with van der Waals surface area (Å²) in [7, 11) is 3.78. The number of para-hydroxylation sites is 1. The molecule has 0 spiro atoms. The molecule has 0 N–H and O–H groups in total. The number of amides is 1. The largest absolute Gasteiger partial charge is 0.337 e. The first-order valence-electron chi connectivity index (χ1n) is 7.91. The summed E-state index contributed by atoms with van der Waals surface area (Å²) >= 11 is 3.08. The number of benzene rings is 2. The number of nitrogens with zero attached hydrogens (tertiary/aromatic N) is 3. The summed E-state index contributed by atoms with van der Waals surface area (Å²) in [5, 5.41) is 1.68. The highest BCUT2D eigenvalue weighted by Gasteiger charge is 2.37. The van der Waals surface area contributed by atoms with Crippen molar-refractivity contribution in [3.8, 4) is 0 Å². The summed E-state index contributed by atoms with van der Waals surface area (Å²) in [6, 6.07) is 16.2. The Balaban J connectivity index is 1.69. The molecule has 0 unspecified atom stereocenters. The van der Waals surface area contributed by atoms with Gasteiger partial charge in [-0.05, 0) is 43.0 Å². The van der Waals surface area contributed by atoms with Gasteiger partial charge in [-0.25, -0.2) is 4.99 Å². The number of aryl methyl sites for hydroxylation is 1. The van der Waals surface area contributed by atoms with Crippen molar-refractivity contribution in [2.75, 3.05) is 19.0 Å². The number of carbonyl (C=O) groups excluding carboxylic acids is 1. The molecule has 1 amide bonds. The van der Waals surface area contributed by atoms with E-state index >= 15 is 0 Å². The molecule has 0 aliphatic carbocycles. The quantitative estimate of drug-likeness (QED) is 0.690. The highest BCUT2D eigenvalue weighted by Crippen LogP contribution is 2.49. The third kappa shape index (κ3) is 2.85. The topological polar surface area (TPSA) is 35.9 Å². The maximum absolute atomic E-state index is 12.8. The molecule has 0 bridgehead atoms. The Morgan fingerprint density at radius 1 is 0.920 bits per heavy atom. The molecular formula is C19H17N3OS2. The number of rotatable bonds is 1. The van der Waals surface area contributed by atoms with Crippen LogP contribution in [0.25, 0.3) is 0 Å². The molecule has 2 aromatic carbocycles. The van der Waals surface area contributed by atoms with Gasteiger partial charge in [0.1, 0.15) is 4.91 Å². The van der Waals surface area contributed by atoms with E-state index in [1.807, 2.05) is 50.4 Å². The zero-order chi connectivity index (χ0) is 17.6. The van der Waals surface area contributed by atoms with E-state index in [9.17, 15) is 4.79 Å². The van der Waals surface area contributed by atoms with Crippen LogP contribution in [0.15, 0.2) is 68.4 Å². The highest BCUT2D eigenvalue weighted by molar-refractivity contribution is 8.19. The fraction of sp³-hybridized carbons (Fsp3) is 0.158. The Bertz CT molecular complexity index is 919. The smallest absolute Gasteiger partial charge is 0.269 e. The van der Waals surface area contributed by atoms with Crippen LogP contribution in [0.2, 0.25) is 0 Å². The van der Waals surface area contributed by atoms with Crippen LogP contribution < -0.4 is 4.90 Å². The van der Waals surface area contributed by atoms with E-state index in [2.05, 4.69) is 22.0 Å². The molecule has 0 aromatic heterocycles. The zero-order valence-corrected chi connectivity index (χ0v) is 15.8. The number of carbonyl (C=O) groups is 1. The standard InChI is InChI=1S/C19H17N3OS2/c1-12-8-10-13(11-9-12)20-19-22(3)17(23)16(25-19)18-21(2)14-6-4-5-7-15(14)24-18/h4-11H,1-3H3. The summed E-state index contributed by atoms with van der Waals surface area (Å²) < 4.78 is 0. The summed E-state index contributed by atoms with van der Waals surface area (Å²) in [5.74, 6) is -0.00184. The lowest BCUT2D eigenvalue weighted by molar-refractivity contribution is -0.121. The van der Waals surface area contributed by atoms with E-state index in [4.69, 9.17) is 0 Å². The van der Waals surface area contributed by atoms with Gasteiger partial charge in [-0.15, -0.1) is 0 Å². The molecule has 1 saturated heterocycles. The predicted molar refractivity (Wildman–Crippen MR) is 106 cm³/mol. The minimum Gasteiger partial charge on any atom is -0.337 e. The molecule has 0 atom stereocenters. The number of hydrogen-bond acceptors (Lipinski definition) is 5. The van der Waals surface area contributed by atoms with Crippen LogP contribution in [0.4, 0.5) is 11.4 Å². The van der Waals surface area contributed by atoms with Gasteiger partial charge in [0.2, 0.25) is 0 Å². The Morgan fingerprint density at radius 2 is 1.64 bits per heavy atom. The second-order valence-electron chi connectivity index (χ2n) is 5.96. The third-order valence-corrected chi connectivity index (χ3v) is 6.66. The molecule has 2 aliphatic heterocycles. The normalized spacial score (nSPS) is 21.4. The number of anilines is 1. The van der Waals surface area contributed by atoms with Crippen molar-refractivity contribution >= 4 is 46.0 Å². The van der Waals surface area contributed by atoms with Gasteiger partial charge in [-0.3, -0.25) is 9.69 Å². The van der Waals surface area contributed by atoms with E-state index < -0.39 is 0 Å². The molecule has 2 aromatic rings. The van der Waals surface area contributed by atoms with Crippen molar-refractivity contribution in [1.82, 2.24) is 4.90 Å². The van der Waals surface area contributed by atoms with Crippen LogP contribution in [-0.2, 0) is 4.79 Å². The first-order chi connectivity index (χ1) is 12.0. The van der Waals surface area contributed by atoms with Crippen molar-refractivity contribution in [3.63, 3.8) is 0 Å². The van der Waals surface area contributed by atoms with Crippen LogP contribution in [0.5, 0.6) is 0 Å². The number of thioether (sulfide) groups is 2. The van der Waals surface area contributed by atoms with Crippen LogP contribution in [0, 0.1) is 6.92 Å². The van der Waals surface area contributed by atoms with E-state index in [0.717, 1.165) is 21.3 Å². The van der Waals surface area contributed by atoms with Gasteiger partial charge in [0.25, 0.3) is 5.91 Å². The van der Waals surface area contributed by atoms with Gasteiger partial charge < -0.3 is 4.90 Å². The second kappa shape index (κ2) is 6.28. The van der Waals surface area contributed by atoms with E-state index in [1.165, 1.54) is 22.2 Å². The lowest BCUT2D eigenvalue weighted by Gasteiger charge is -2.14. The number of likely N-dealkylation sites (N-methyl/N-ethyl adjacent to an activating group) is 1. The minimum absolute atomic E-state index is 0.00184. The molecule has 2 heterocycles. The Hall–Kier alpha value is -2.18. The lowest BCUT2D eigenvalue weighted by Crippen LogP contribution is -2.24. The maximum Gasteiger partial charge on any atom is 0.269 e. The average molecular weight is 367 g/mol. The zero-order valence-electron chi connectivity index (χ0n) is 14.2. The minimum atomic E-state index is -0.00184. The average Bonchev–Trinajstić information content (AvgIpc) is 3.09. The molecule has 2 aliphatic rings. The SMILES string of the molecule is Cc1ccc(N=C2SC(=C3Sc4ccccc4N3C)C(=O)N2C)cc1. The Kier molecular flexibility index (Phi) is 4.09. The molecule has 0 saturated carbocycles. The van der Waals surface area contributed by atoms with Gasteiger partial charge in [0, 0.05) is 19.0 Å². The Labute approximate surface area is 155 Å². The fourth-order valence-corrected chi connectivity index (χ4v) is 5.04. The molecule has 4 nitrogen and oxygen atoms in total. The molecule has 25 heavy (non-hydrogen) atoms. The second-order valence-corrected chi connectivity index (χ2v) is 7.97. The van der Waals surface area contributed by atoms with Crippen LogP contribution in [0.1, 0.15) is 5.56 Å². The van der Waals surface area contributed by atoms with Crippen molar-refractivity contribution in [2.45, 2.75) is 11.8 Å². The fourth-order valence-electron chi connectivity index (χ4n) is 2.71. The van der Waals surface area contributed by atoms with Gasteiger partial charge in [0.05, 0.1) is 16.4 Å². The molecule has 0 radical (unpaired) electrons. The van der Waals surface area contributed by atoms with E-state index in [1.54, 1.807) is 23.7 Å². The molecular weight excluding hydrogens is 350 g/mol. The number of aliphatic imine (C=N–C) groups is 1. The molecule has 6 heteroatoms. The van der Waals surface area contributed by atoms with Crippen LogP contribution >= 0.6 is 23.5 Å². The maximum atomic E-state index is 12.8. The van der Waals surface area contributed by atoms with Crippen LogP contribution in [0.3, 0.4) is 0 Å². The monoisotopic (exact) mass is 367 g/mol. The third-order valence-electron chi connectivity index (χ3n) is 4.17. The first kappa shape index (κ1) is 16.3. The summed E-state index contributed by atoms with van der Waals surface area (Å²) in [4.78, 5) is 23.0. The number of fused-ring (bicyclic) bond motifs is 1. The van der Waals surface area contributed by atoms with Crippen molar-refractivity contribution in [3.05, 3.63) is 64.0 Å². The van der Waals surface area contributed by atoms with Crippen molar-refractivity contribution in [1.29, 1.82) is 0 Å². The van der Waals surface area contributed by atoms with Crippen molar-refractivity contribution < 1.29 is 4.79 Å². The first-order valence-corrected chi connectivity index (χ1v) is 9.54. The Morgan fingerprint density at radius 3 is 2.36 bits per heavy atom. The van der Waals surface area contributed by atoms with E-state index in [0.29, 0.717) is 5.17 Å². The van der Waals surface area contributed by atoms with Gasteiger partial charge in [-0.1, -0.05) is 41.6 Å². The van der Waals surface area contributed by atoms with Crippen LogP contribution in [-0.4, -0.2) is 30.1 Å². The predicted octanol–water partition coefficient (Wildman–Crippen LogP) is 4.60. The van der Waals surface area contributed by atoms with Gasteiger partial charge in [0.15, 0.2) is 5.17 Å². The highest BCUT2D eigenvalue weighted by atomic mass is 32.2. The summed E-state index contributed by atoms with van der Waals surface area (Å²) in [6.45, 7) is 2.05. The lowest BCUT2D eigenvalue weighted by atomic mass is 10.2. The summed E-state index contributed by atoms with van der Waals surface area (Å²) in [6.07, 6.45) is 0. The van der Waals surface area contributed by atoms with Crippen molar-refractivity contribution in [2.24, 2.45) is 4.99 Å². The van der Waals surface area contributed by atoms with Gasteiger partial charge in [-0.2, -0.15) is 0 Å². The molecule has 126 valence electrons. The summed E-state index contributed by atoms with van der Waals surface area (Å²) in [5.41, 5.74) is 3.18. The van der Waals surface area contributed by atoms with Gasteiger partial charge >= 0.3 is 0 Å². The molecule has 4 rings (SSSR count). The molecule has 1 fully saturated rings. The van der Waals surface area contributed by atoms with E-state index in [-0.39, 0.29) is 5.91 Å². The number of hydrogen-bond donors (Lipinski definition) is 0. The number of amidine groups is 1.